The molecule has 2 heterocycles. The lowest BCUT2D eigenvalue weighted by Gasteiger charge is -2.38. The van der Waals surface area contributed by atoms with Gasteiger partial charge in [0.25, 0.3) is 5.91 Å². The molecule has 0 bridgehead atoms. The Balaban J connectivity index is 1.84. The lowest BCUT2D eigenvalue weighted by Crippen LogP contribution is -2.52. The fourth-order valence-electron chi connectivity index (χ4n) is 4.79. The van der Waals surface area contributed by atoms with Gasteiger partial charge in [0.15, 0.2) is 0 Å². The minimum Gasteiger partial charge on any atom is -0.472 e. The van der Waals surface area contributed by atoms with Crippen molar-refractivity contribution < 1.29 is 24.5 Å². The zero-order valence-electron chi connectivity index (χ0n) is 22.6. The number of rotatable bonds is 7. The number of carbonyl (C=O) groups excluding carboxylic acids is 2. The van der Waals surface area contributed by atoms with Crippen LogP contribution in [0.4, 0.5) is 4.79 Å². The smallest absolute Gasteiger partial charge is 0.317 e. The minimum atomic E-state index is -0.745. The number of fused-ring (bicyclic) bond motifs is 1. The first kappa shape index (κ1) is 28.7. The third kappa shape index (κ3) is 7.83. The summed E-state index contributed by atoms with van der Waals surface area (Å²) < 4.78 is 6.27. The van der Waals surface area contributed by atoms with E-state index >= 15 is 0 Å². The Morgan fingerprint density at radius 2 is 2.08 bits per heavy atom. The molecule has 0 aromatic carbocycles. The molecule has 1 unspecified atom stereocenters. The molecule has 0 radical (unpaired) electrons. The molecule has 1 aliphatic carbocycles. The van der Waals surface area contributed by atoms with Crippen molar-refractivity contribution in [1.82, 2.24) is 20.1 Å². The molecule has 4 atom stereocenters. The second-order valence-electron chi connectivity index (χ2n) is 10.4. The average Bonchev–Trinajstić information content (AvgIpc) is 2.89. The van der Waals surface area contributed by atoms with Crippen LogP contribution in [0.5, 0.6) is 5.88 Å². The van der Waals surface area contributed by atoms with Gasteiger partial charge in [0.1, 0.15) is 17.8 Å². The first-order chi connectivity index (χ1) is 17.7. The number of nitrogens with zero attached hydrogens (tertiary/aromatic N) is 3. The highest BCUT2D eigenvalue weighted by atomic mass is 16.5. The summed E-state index contributed by atoms with van der Waals surface area (Å²) in [7, 11) is 1.75. The summed E-state index contributed by atoms with van der Waals surface area (Å²) in [4.78, 5) is 34.1. The number of aliphatic hydroxyl groups excluding tert-OH is 2. The van der Waals surface area contributed by atoms with Crippen LogP contribution in [0.25, 0.3) is 0 Å². The summed E-state index contributed by atoms with van der Waals surface area (Å²) >= 11 is 0. The number of ether oxygens (including phenoxy) is 1. The molecule has 1 aromatic rings. The van der Waals surface area contributed by atoms with Gasteiger partial charge in [0, 0.05) is 37.3 Å². The van der Waals surface area contributed by atoms with Gasteiger partial charge in [-0.15, -0.1) is 0 Å². The van der Waals surface area contributed by atoms with Crippen molar-refractivity contribution in [2.75, 3.05) is 26.7 Å². The van der Waals surface area contributed by atoms with E-state index in [1.165, 1.54) is 12.6 Å². The highest BCUT2D eigenvalue weighted by Crippen LogP contribution is 2.27. The summed E-state index contributed by atoms with van der Waals surface area (Å²) in [6.07, 6.45) is 7.24. The standard InChI is InChI=1S/C28H42N4O5/c1-5-9-23(34)13-12-21-14-24-26(29-15-21)37-25(19(2)16-32(27(24)35)20(3)18-33)17-31(4)28(36)30-22-10-7-6-8-11-22/h14-15,19-20,22-23,25,33-34H,5-11,16-18H2,1-4H3,(H,30,36)/t19-,20+,23?,25-/m0/s1. The molecule has 9 heteroatoms. The van der Waals surface area contributed by atoms with Crippen LogP contribution in [-0.4, -0.2) is 88.0 Å². The maximum Gasteiger partial charge on any atom is 0.317 e. The number of aromatic nitrogens is 1. The van der Waals surface area contributed by atoms with Gasteiger partial charge in [-0.05, 0) is 32.3 Å². The van der Waals surface area contributed by atoms with Crippen molar-refractivity contribution in [3.05, 3.63) is 23.4 Å². The second-order valence-corrected chi connectivity index (χ2v) is 10.4. The molecular formula is C28H42N4O5. The lowest BCUT2D eigenvalue weighted by atomic mass is 9.96. The first-order valence-electron chi connectivity index (χ1n) is 13.5. The van der Waals surface area contributed by atoms with Crippen molar-refractivity contribution >= 4 is 11.9 Å². The van der Waals surface area contributed by atoms with E-state index in [-0.39, 0.29) is 41.9 Å². The number of nitrogens with one attached hydrogen (secondary N) is 1. The van der Waals surface area contributed by atoms with E-state index in [4.69, 9.17) is 4.74 Å². The van der Waals surface area contributed by atoms with Gasteiger partial charge < -0.3 is 30.1 Å². The normalized spacial score (nSPS) is 21.9. The van der Waals surface area contributed by atoms with Crippen LogP contribution in [0.15, 0.2) is 12.3 Å². The molecule has 9 nitrogen and oxygen atoms in total. The zero-order chi connectivity index (χ0) is 26.9. The number of carbonyl (C=O) groups is 2. The van der Waals surface area contributed by atoms with Crippen molar-refractivity contribution in [3.8, 4) is 17.7 Å². The van der Waals surface area contributed by atoms with Gasteiger partial charge in [-0.25, -0.2) is 9.78 Å². The largest absolute Gasteiger partial charge is 0.472 e. The molecule has 0 spiro atoms. The van der Waals surface area contributed by atoms with Crippen molar-refractivity contribution in [3.63, 3.8) is 0 Å². The Morgan fingerprint density at radius 3 is 2.76 bits per heavy atom. The third-order valence-corrected chi connectivity index (χ3v) is 7.20. The topological polar surface area (TPSA) is 115 Å². The lowest BCUT2D eigenvalue weighted by molar-refractivity contribution is 0.0351. The van der Waals surface area contributed by atoms with E-state index in [2.05, 4.69) is 22.1 Å². The number of likely N-dealkylation sites (N-methyl/N-ethyl adjacent to an activating group) is 1. The molecule has 3 N–H and O–H groups in total. The second kappa shape index (κ2) is 13.6. The maximum absolute atomic E-state index is 13.5. The molecule has 1 fully saturated rings. The summed E-state index contributed by atoms with van der Waals surface area (Å²) in [6, 6.07) is 1.29. The number of hydrogen-bond acceptors (Lipinski definition) is 6. The van der Waals surface area contributed by atoms with Crippen LogP contribution in [0.1, 0.15) is 81.6 Å². The van der Waals surface area contributed by atoms with Crippen LogP contribution in [-0.2, 0) is 0 Å². The molecule has 37 heavy (non-hydrogen) atoms. The van der Waals surface area contributed by atoms with Gasteiger partial charge in [-0.3, -0.25) is 4.79 Å². The average molecular weight is 515 g/mol. The minimum absolute atomic E-state index is 0.124. The van der Waals surface area contributed by atoms with Gasteiger partial charge in [-0.2, -0.15) is 0 Å². The van der Waals surface area contributed by atoms with E-state index in [1.54, 1.807) is 29.8 Å². The van der Waals surface area contributed by atoms with E-state index < -0.39 is 18.2 Å². The zero-order valence-corrected chi connectivity index (χ0v) is 22.6. The number of pyridine rings is 1. The van der Waals surface area contributed by atoms with Crippen molar-refractivity contribution in [2.45, 2.75) is 90.0 Å². The first-order valence-corrected chi connectivity index (χ1v) is 13.5. The summed E-state index contributed by atoms with van der Waals surface area (Å²) in [5.41, 5.74) is 0.750. The third-order valence-electron chi connectivity index (χ3n) is 7.20. The monoisotopic (exact) mass is 514 g/mol. The fourth-order valence-corrected chi connectivity index (χ4v) is 4.79. The predicted octanol–water partition coefficient (Wildman–Crippen LogP) is 2.79. The van der Waals surface area contributed by atoms with Crippen LogP contribution in [0.3, 0.4) is 0 Å². The van der Waals surface area contributed by atoms with Crippen molar-refractivity contribution in [2.24, 2.45) is 5.92 Å². The number of amides is 3. The summed E-state index contributed by atoms with van der Waals surface area (Å²) in [6.45, 7) is 6.24. The number of urea groups is 1. The molecule has 1 saturated carbocycles. The van der Waals surface area contributed by atoms with Gasteiger partial charge >= 0.3 is 6.03 Å². The van der Waals surface area contributed by atoms with Crippen LogP contribution < -0.4 is 10.1 Å². The summed E-state index contributed by atoms with van der Waals surface area (Å²) in [5.74, 6) is 5.45. The van der Waals surface area contributed by atoms with Gasteiger partial charge in [0.05, 0.1) is 19.2 Å². The molecule has 204 valence electrons. The van der Waals surface area contributed by atoms with Gasteiger partial charge in [-0.1, -0.05) is 51.4 Å². The van der Waals surface area contributed by atoms with Crippen LogP contribution >= 0.6 is 0 Å². The van der Waals surface area contributed by atoms with Gasteiger partial charge in [0.2, 0.25) is 5.88 Å². The molecule has 3 rings (SSSR count). The molecule has 1 aromatic heterocycles. The Kier molecular flexibility index (Phi) is 10.6. The number of aliphatic hydroxyl groups is 2. The Labute approximate surface area is 220 Å². The molecule has 1 aliphatic heterocycles. The Hall–Kier alpha value is -2.83. The Morgan fingerprint density at radius 1 is 1.35 bits per heavy atom. The van der Waals surface area contributed by atoms with E-state index in [9.17, 15) is 19.8 Å². The van der Waals surface area contributed by atoms with Crippen LogP contribution in [0, 0.1) is 17.8 Å². The predicted molar refractivity (Wildman–Crippen MR) is 141 cm³/mol. The molecule has 0 saturated heterocycles. The number of hydrogen-bond donors (Lipinski definition) is 3. The quantitative estimate of drug-likeness (QED) is 0.482. The molecule has 2 aliphatic rings. The summed E-state index contributed by atoms with van der Waals surface area (Å²) in [5, 5.41) is 22.9. The van der Waals surface area contributed by atoms with Crippen molar-refractivity contribution in [1.29, 1.82) is 0 Å². The Bertz CT molecular complexity index is 985. The van der Waals surface area contributed by atoms with E-state index in [0.29, 0.717) is 25.1 Å². The highest BCUT2D eigenvalue weighted by molar-refractivity contribution is 5.97. The fraction of sp³-hybridized carbons (Fsp3) is 0.679. The SMILES string of the molecule is CCCC(O)C#Cc1cnc2c(c1)C(=O)N([C@H](C)CO)C[C@H](C)[C@H](CN(C)C(=O)NC1CCCCC1)O2. The van der Waals surface area contributed by atoms with E-state index in [0.717, 1.165) is 32.1 Å². The van der Waals surface area contributed by atoms with Crippen LogP contribution in [0.2, 0.25) is 0 Å². The maximum atomic E-state index is 13.5. The highest BCUT2D eigenvalue weighted by Gasteiger charge is 2.35. The van der Waals surface area contributed by atoms with E-state index in [1.807, 2.05) is 13.8 Å². The molecular weight excluding hydrogens is 472 g/mol. The molecule has 3 amide bonds.